The number of anilines is 1. The highest BCUT2D eigenvalue weighted by Gasteiger charge is 2.30. The van der Waals surface area contributed by atoms with Gasteiger partial charge in [0.15, 0.2) is 0 Å². The number of hydrogen-bond donors (Lipinski definition) is 1. The van der Waals surface area contributed by atoms with Gasteiger partial charge >= 0.3 is 6.18 Å². The summed E-state index contributed by atoms with van der Waals surface area (Å²) in [4.78, 5) is 6.01. The van der Waals surface area contributed by atoms with Crippen molar-refractivity contribution in [2.24, 2.45) is 5.92 Å². The van der Waals surface area contributed by atoms with Crippen LogP contribution < -0.4 is 10.2 Å². The van der Waals surface area contributed by atoms with Crippen LogP contribution in [-0.2, 0) is 6.18 Å². The van der Waals surface area contributed by atoms with Crippen molar-refractivity contribution in [3.05, 3.63) is 23.9 Å². The molecule has 1 aromatic heterocycles. The Bertz CT molecular complexity index is 411. The molecule has 1 aliphatic rings. The molecule has 0 radical (unpaired) electrons. The van der Waals surface area contributed by atoms with Gasteiger partial charge in [0.2, 0.25) is 0 Å². The van der Waals surface area contributed by atoms with E-state index in [2.05, 4.69) is 10.3 Å². The molecule has 0 saturated carbocycles. The van der Waals surface area contributed by atoms with Crippen molar-refractivity contribution >= 4 is 5.82 Å². The standard InChI is InChI=1S/C14H20F3N3/c1-2-20(10-11-4-3-7-18-8-11)13-6-5-12(9-19-13)14(15,16)17/h5-6,9,11,18H,2-4,7-8,10H2,1H3. The van der Waals surface area contributed by atoms with Gasteiger partial charge in [0.1, 0.15) is 5.82 Å². The molecule has 2 heterocycles. The summed E-state index contributed by atoms with van der Waals surface area (Å²) in [7, 11) is 0. The van der Waals surface area contributed by atoms with Gasteiger partial charge in [-0.2, -0.15) is 13.2 Å². The van der Waals surface area contributed by atoms with E-state index >= 15 is 0 Å². The molecule has 1 fully saturated rings. The normalized spacial score (nSPS) is 19.9. The third-order valence-electron chi connectivity index (χ3n) is 3.66. The zero-order chi connectivity index (χ0) is 14.6. The molecule has 1 atom stereocenters. The molecule has 1 N–H and O–H groups in total. The molecule has 0 amide bonds. The van der Waals surface area contributed by atoms with Crippen LogP contribution in [0.3, 0.4) is 0 Å². The first-order chi connectivity index (χ1) is 9.50. The third-order valence-corrected chi connectivity index (χ3v) is 3.66. The van der Waals surface area contributed by atoms with Crippen LogP contribution >= 0.6 is 0 Å². The average molecular weight is 287 g/mol. The molecule has 1 unspecified atom stereocenters. The minimum Gasteiger partial charge on any atom is -0.357 e. The molecule has 1 aromatic rings. The van der Waals surface area contributed by atoms with Crippen molar-refractivity contribution in [3.8, 4) is 0 Å². The summed E-state index contributed by atoms with van der Waals surface area (Å²) in [6.45, 7) is 5.60. The van der Waals surface area contributed by atoms with Crippen LogP contribution in [0.25, 0.3) is 0 Å². The number of hydrogen-bond acceptors (Lipinski definition) is 3. The molecule has 1 saturated heterocycles. The summed E-state index contributed by atoms with van der Waals surface area (Å²) in [5.74, 6) is 1.15. The van der Waals surface area contributed by atoms with Crippen LogP contribution in [0.1, 0.15) is 25.3 Å². The summed E-state index contributed by atoms with van der Waals surface area (Å²) in [5.41, 5.74) is -0.698. The van der Waals surface area contributed by atoms with Crippen molar-refractivity contribution in [2.75, 3.05) is 31.1 Å². The molecule has 112 valence electrons. The highest BCUT2D eigenvalue weighted by Crippen LogP contribution is 2.29. The Morgan fingerprint density at radius 1 is 1.40 bits per heavy atom. The predicted molar refractivity (Wildman–Crippen MR) is 72.7 cm³/mol. The van der Waals surface area contributed by atoms with Gasteiger partial charge in [0, 0.05) is 19.3 Å². The van der Waals surface area contributed by atoms with E-state index < -0.39 is 11.7 Å². The van der Waals surface area contributed by atoms with Gasteiger partial charge in [0.05, 0.1) is 5.56 Å². The molecular formula is C14H20F3N3. The summed E-state index contributed by atoms with van der Waals surface area (Å²) in [6.07, 6.45) is -1.10. The van der Waals surface area contributed by atoms with Crippen LogP contribution in [0.2, 0.25) is 0 Å². The molecule has 3 nitrogen and oxygen atoms in total. The second kappa shape index (κ2) is 6.43. The molecule has 20 heavy (non-hydrogen) atoms. The Balaban J connectivity index is 2.03. The number of nitrogens with one attached hydrogen (secondary N) is 1. The van der Waals surface area contributed by atoms with E-state index in [1.807, 2.05) is 11.8 Å². The van der Waals surface area contributed by atoms with Crippen molar-refractivity contribution in [1.29, 1.82) is 0 Å². The SMILES string of the molecule is CCN(CC1CCCNC1)c1ccc(C(F)(F)F)cn1. The van der Waals surface area contributed by atoms with Gasteiger partial charge < -0.3 is 10.2 Å². The Hall–Kier alpha value is -1.30. The lowest BCUT2D eigenvalue weighted by atomic mass is 9.99. The smallest absolute Gasteiger partial charge is 0.357 e. The quantitative estimate of drug-likeness (QED) is 0.923. The largest absolute Gasteiger partial charge is 0.417 e. The van der Waals surface area contributed by atoms with Gasteiger partial charge in [-0.05, 0) is 50.9 Å². The number of nitrogens with zero attached hydrogens (tertiary/aromatic N) is 2. The van der Waals surface area contributed by atoms with E-state index in [4.69, 9.17) is 0 Å². The van der Waals surface area contributed by atoms with Crippen molar-refractivity contribution in [2.45, 2.75) is 25.9 Å². The number of halogens is 3. The topological polar surface area (TPSA) is 28.2 Å². The number of pyridine rings is 1. The number of alkyl halides is 3. The maximum Gasteiger partial charge on any atom is 0.417 e. The van der Waals surface area contributed by atoms with Crippen LogP contribution in [0.15, 0.2) is 18.3 Å². The monoisotopic (exact) mass is 287 g/mol. The van der Waals surface area contributed by atoms with Gasteiger partial charge in [-0.3, -0.25) is 0 Å². The molecule has 0 aliphatic carbocycles. The van der Waals surface area contributed by atoms with E-state index in [1.54, 1.807) is 0 Å². The molecule has 1 aliphatic heterocycles. The van der Waals surface area contributed by atoms with Crippen molar-refractivity contribution in [3.63, 3.8) is 0 Å². The van der Waals surface area contributed by atoms with Crippen LogP contribution in [-0.4, -0.2) is 31.2 Å². The Morgan fingerprint density at radius 2 is 2.20 bits per heavy atom. The molecule has 0 spiro atoms. The summed E-state index contributed by atoms with van der Waals surface area (Å²) < 4.78 is 37.5. The minimum atomic E-state index is -4.32. The average Bonchev–Trinajstić information content (AvgIpc) is 2.45. The minimum absolute atomic E-state index is 0.535. The Kier molecular flexibility index (Phi) is 4.86. The number of piperidine rings is 1. The predicted octanol–water partition coefficient (Wildman–Crippen LogP) is 2.93. The molecule has 0 bridgehead atoms. The summed E-state index contributed by atoms with van der Waals surface area (Å²) in [5, 5.41) is 3.35. The summed E-state index contributed by atoms with van der Waals surface area (Å²) in [6, 6.07) is 2.56. The first kappa shape index (κ1) is 15.1. The van der Waals surface area contributed by atoms with Crippen LogP contribution in [0, 0.1) is 5.92 Å². The van der Waals surface area contributed by atoms with Gasteiger partial charge in [-0.1, -0.05) is 0 Å². The fourth-order valence-electron chi connectivity index (χ4n) is 2.52. The number of aromatic nitrogens is 1. The van der Waals surface area contributed by atoms with E-state index in [1.165, 1.54) is 6.07 Å². The third kappa shape index (κ3) is 3.85. The zero-order valence-corrected chi connectivity index (χ0v) is 11.6. The van der Waals surface area contributed by atoms with Gasteiger partial charge in [-0.15, -0.1) is 0 Å². The second-order valence-electron chi connectivity index (χ2n) is 5.15. The first-order valence-electron chi connectivity index (χ1n) is 6.99. The lowest BCUT2D eigenvalue weighted by Crippen LogP contribution is -2.38. The molecule has 6 heteroatoms. The molecule has 2 rings (SSSR count). The first-order valence-corrected chi connectivity index (χ1v) is 6.99. The fourth-order valence-corrected chi connectivity index (χ4v) is 2.52. The van der Waals surface area contributed by atoms with E-state index in [0.29, 0.717) is 11.7 Å². The maximum absolute atomic E-state index is 12.5. The van der Waals surface area contributed by atoms with Crippen molar-refractivity contribution in [1.82, 2.24) is 10.3 Å². The van der Waals surface area contributed by atoms with Gasteiger partial charge in [-0.25, -0.2) is 4.98 Å². The van der Waals surface area contributed by atoms with E-state index in [-0.39, 0.29) is 0 Å². The van der Waals surface area contributed by atoms with Crippen LogP contribution in [0.5, 0.6) is 0 Å². The van der Waals surface area contributed by atoms with E-state index in [0.717, 1.165) is 51.3 Å². The lowest BCUT2D eigenvalue weighted by Gasteiger charge is -2.30. The van der Waals surface area contributed by atoms with Crippen molar-refractivity contribution < 1.29 is 13.2 Å². The fraction of sp³-hybridized carbons (Fsp3) is 0.643. The zero-order valence-electron chi connectivity index (χ0n) is 11.6. The summed E-state index contributed by atoms with van der Waals surface area (Å²) >= 11 is 0. The second-order valence-corrected chi connectivity index (χ2v) is 5.15. The Labute approximate surface area is 117 Å². The van der Waals surface area contributed by atoms with Crippen LogP contribution in [0.4, 0.5) is 19.0 Å². The lowest BCUT2D eigenvalue weighted by molar-refractivity contribution is -0.137. The Morgan fingerprint density at radius 3 is 2.70 bits per heavy atom. The maximum atomic E-state index is 12.5. The van der Waals surface area contributed by atoms with E-state index in [9.17, 15) is 13.2 Å². The molecule has 0 aromatic carbocycles. The highest BCUT2D eigenvalue weighted by atomic mass is 19.4. The number of rotatable bonds is 4. The molecular weight excluding hydrogens is 267 g/mol. The highest BCUT2D eigenvalue weighted by molar-refractivity contribution is 5.39. The van der Waals surface area contributed by atoms with Gasteiger partial charge in [0.25, 0.3) is 0 Å².